The van der Waals surface area contributed by atoms with Gasteiger partial charge in [0.2, 0.25) is 0 Å². The zero-order chi connectivity index (χ0) is 39.6. The Kier molecular flexibility index (Phi) is 7.96. The molecule has 0 saturated heterocycles. The van der Waals surface area contributed by atoms with E-state index >= 15 is 0 Å². The number of benzene rings is 12. The Labute approximate surface area is 349 Å². The van der Waals surface area contributed by atoms with E-state index in [-0.39, 0.29) is 0 Å². The monoisotopic (exact) mass is 758 g/mol. The van der Waals surface area contributed by atoms with Crippen LogP contribution in [0, 0.1) is 0 Å². The van der Waals surface area contributed by atoms with Gasteiger partial charge in [-0.1, -0.05) is 218 Å². The number of fused-ring (bicyclic) bond motifs is 7. The lowest BCUT2D eigenvalue weighted by atomic mass is 9.82. The molecule has 12 aromatic rings. The lowest BCUT2D eigenvalue weighted by Crippen LogP contribution is -1.93. The molecule has 12 aromatic carbocycles. The summed E-state index contributed by atoms with van der Waals surface area (Å²) in [5.41, 5.74) is 12.4. The Bertz CT molecular complexity index is 3560. The maximum atomic E-state index is 2.43. The van der Waals surface area contributed by atoms with E-state index in [2.05, 4.69) is 231 Å². The second kappa shape index (κ2) is 13.9. The molecule has 0 spiro atoms. The molecule has 0 saturated carbocycles. The van der Waals surface area contributed by atoms with Crippen LogP contribution in [0.15, 0.2) is 231 Å². The summed E-state index contributed by atoms with van der Waals surface area (Å²) < 4.78 is 0. The summed E-state index contributed by atoms with van der Waals surface area (Å²) in [6.45, 7) is 0. The van der Waals surface area contributed by atoms with Crippen molar-refractivity contribution in [2.75, 3.05) is 0 Å². The van der Waals surface area contributed by atoms with Crippen LogP contribution in [-0.4, -0.2) is 0 Å². The third kappa shape index (κ3) is 5.39. The van der Waals surface area contributed by atoms with Gasteiger partial charge in [0.05, 0.1) is 0 Å². The molecule has 0 aliphatic heterocycles. The molecule has 0 aliphatic carbocycles. The topological polar surface area (TPSA) is 0 Å². The molecule has 0 nitrogen and oxygen atoms in total. The van der Waals surface area contributed by atoms with Crippen molar-refractivity contribution in [3.05, 3.63) is 231 Å². The van der Waals surface area contributed by atoms with Crippen LogP contribution in [0.5, 0.6) is 0 Å². The summed E-state index contributed by atoms with van der Waals surface area (Å²) in [5.74, 6) is 0. The highest BCUT2D eigenvalue weighted by Crippen LogP contribution is 2.49. The van der Waals surface area contributed by atoms with Gasteiger partial charge in [-0.05, 0) is 132 Å². The molecule has 278 valence electrons. The van der Waals surface area contributed by atoms with Crippen LogP contribution in [0.1, 0.15) is 0 Å². The van der Waals surface area contributed by atoms with Gasteiger partial charge in [-0.15, -0.1) is 0 Å². The first-order valence-corrected chi connectivity index (χ1v) is 20.8. The predicted octanol–water partition coefficient (Wildman–Crippen LogP) is 16.9. The van der Waals surface area contributed by atoms with E-state index in [1.807, 2.05) is 0 Å². The van der Waals surface area contributed by atoms with Crippen molar-refractivity contribution in [3.8, 4) is 55.6 Å². The fraction of sp³-hybridized carbons (Fsp3) is 0. The van der Waals surface area contributed by atoms with Gasteiger partial charge in [0.25, 0.3) is 0 Å². The SMILES string of the molecule is c1ccc(-c2ccc3c(-c4ccc(-c5c6ccccc6c(-c6ccccc6)c6ccccc56)cc4)c4ccccc4c(-c4cc5ccccc5c5ccccc45)c3c2)cc1. The van der Waals surface area contributed by atoms with E-state index < -0.39 is 0 Å². The third-order valence-electron chi connectivity index (χ3n) is 12.6. The van der Waals surface area contributed by atoms with Gasteiger partial charge in [-0.2, -0.15) is 0 Å². The van der Waals surface area contributed by atoms with Gasteiger partial charge < -0.3 is 0 Å². The highest BCUT2D eigenvalue weighted by molar-refractivity contribution is 6.26. The lowest BCUT2D eigenvalue weighted by Gasteiger charge is -2.21. The van der Waals surface area contributed by atoms with E-state index in [1.165, 1.54) is 120 Å². The largest absolute Gasteiger partial charge is 0.0622 e. The minimum atomic E-state index is 1.21. The Hall–Kier alpha value is -7.80. The standard InChI is InChI=1S/C60H38/c1-3-17-39(18-4-1)43-35-36-54-56(37-43)60(55-38-44-21-7-8-22-45(44)46-23-9-10-24-47(46)55)53-30-16-15-29-52(53)59(54)42-33-31-41(32-34-42)58-50-27-13-11-25-48(50)57(40-19-5-2-6-20-40)49-26-12-14-28-51(49)58/h1-38H. The summed E-state index contributed by atoms with van der Waals surface area (Å²) in [6.07, 6.45) is 0. The first kappa shape index (κ1) is 34.3. The average molecular weight is 759 g/mol. The van der Waals surface area contributed by atoms with Gasteiger partial charge in [-0.3, -0.25) is 0 Å². The van der Waals surface area contributed by atoms with E-state index in [4.69, 9.17) is 0 Å². The first-order chi connectivity index (χ1) is 29.8. The fourth-order valence-electron chi connectivity index (χ4n) is 10.0. The molecular weight excluding hydrogens is 721 g/mol. The third-order valence-corrected chi connectivity index (χ3v) is 12.6. The molecule has 0 amide bonds. The average Bonchev–Trinajstić information content (AvgIpc) is 3.32. The van der Waals surface area contributed by atoms with E-state index in [0.717, 1.165) is 0 Å². The molecule has 0 unspecified atom stereocenters. The molecule has 0 atom stereocenters. The minimum absolute atomic E-state index is 1.21. The summed E-state index contributed by atoms with van der Waals surface area (Å²) in [5, 5.41) is 15.1. The van der Waals surface area contributed by atoms with Crippen molar-refractivity contribution in [1.29, 1.82) is 0 Å². The molecule has 0 N–H and O–H groups in total. The summed E-state index contributed by atoms with van der Waals surface area (Å²) in [4.78, 5) is 0. The molecule has 0 aromatic heterocycles. The van der Waals surface area contributed by atoms with E-state index in [0.29, 0.717) is 0 Å². The van der Waals surface area contributed by atoms with Gasteiger partial charge in [0.15, 0.2) is 0 Å². The number of hydrogen-bond acceptors (Lipinski definition) is 0. The molecule has 0 heteroatoms. The maximum Gasteiger partial charge on any atom is -0.00197 e. The van der Waals surface area contributed by atoms with Crippen molar-refractivity contribution in [1.82, 2.24) is 0 Å². The fourth-order valence-corrected chi connectivity index (χ4v) is 10.0. The Morgan fingerprint density at radius 3 is 1.03 bits per heavy atom. The van der Waals surface area contributed by atoms with Gasteiger partial charge in [0, 0.05) is 0 Å². The smallest absolute Gasteiger partial charge is 0.00197 e. The number of rotatable bonds is 5. The second-order valence-corrected chi connectivity index (χ2v) is 15.9. The maximum absolute atomic E-state index is 2.43. The Balaban J connectivity index is 1.12. The summed E-state index contributed by atoms with van der Waals surface area (Å²) >= 11 is 0. The van der Waals surface area contributed by atoms with Crippen LogP contribution in [0.3, 0.4) is 0 Å². The van der Waals surface area contributed by atoms with Crippen LogP contribution < -0.4 is 0 Å². The van der Waals surface area contributed by atoms with Gasteiger partial charge in [-0.25, -0.2) is 0 Å². The number of hydrogen-bond donors (Lipinski definition) is 0. The Morgan fingerprint density at radius 1 is 0.167 bits per heavy atom. The molecule has 0 aliphatic rings. The van der Waals surface area contributed by atoms with Crippen molar-refractivity contribution in [3.63, 3.8) is 0 Å². The van der Waals surface area contributed by atoms with Gasteiger partial charge in [0.1, 0.15) is 0 Å². The molecule has 60 heavy (non-hydrogen) atoms. The predicted molar refractivity (Wildman–Crippen MR) is 259 cm³/mol. The van der Waals surface area contributed by atoms with Crippen LogP contribution in [0.2, 0.25) is 0 Å². The molecular formula is C60H38. The molecule has 0 fully saturated rings. The molecule has 0 bridgehead atoms. The molecule has 0 heterocycles. The minimum Gasteiger partial charge on any atom is -0.0622 e. The van der Waals surface area contributed by atoms with Crippen LogP contribution in [0.25, 0.3) is 120 Å². The van der Waals surface area contributed by atoms with Crippen LogP contribution in [-0.2, 0) is 0 Å². The normalized spacial score (nSPS) is 11.7. The van der Waals surface area contributed by atoms with E-state index in [1.54, 1.807) is 0 Å². The van der Waals surface area contributed by atoms with Crippen molar-refractivity contribution in [2.24, 2.45) is 0 Å². The summed E-state index contributed by atoms with van der Waals surface area (Å²) in [6, 6.07) is 85.1. The molecule has 0 radical (unpaired) electrons. The van der Waals surface area contributed by atoms with E-state index in [9.17, 15) is 0 Å². The van der Waals surface area contributed by atoms with Crippen molar-refractivity contribution < 1.29 is 0 Å². The summed E-state index contributed by atoms with van der Waals surface area (Å²) in [7, 11) is 0. The van der Waals surface area contributed by atoms with Crippen LogP contribution >= 0.6 is 0 Å². The zero-order valence-electron chi connectivity index (χ0n) is 32.9. The van der Waals surface area contributed by atoms with Crippen LogP contribution in [0.4, 0.5) is 0 Å². The molecule has 12 rings (SSSR count). The van der Waals surface area contributed by atoms with Crippen molar-refractivity contribution >= 4 is 64.6 Å². The van der Waals surface area contributed by atoms with Crippen molar-refractivity contribution in [2.45, 2.75) is 0 Å². The highest BCUT2D eigenvalue weighted by atomic mass is 14.2. The first-order valence-electron chi connectivity index (χ1n) is 20.8. The second-order valence-electron chi connectivity index (χ2n) is 15.9. The Morgan fingerprint density at radius 2 is 0.517 bits per heavy atom. The lowest BCUT2D eigenvalue weighted by molar-refractivity contribution is 1.63. The highest BCUT2D eigenvalue weighted by Gasteiger charge is 2.21. The quantitative estimate of drug-likeness (QED) is 0.121. The zero-order valence-corrected chi connectivity index (χ0v) is 32.9. The van der Waals surface area contributed by atoms with Gasteiger partial charge >= 0.3 is 0 Å².